The van der Waals surface area contributed by atoms with Crippen molar-refractivity contribution in [3.63, 3.8) is 0 Å². The first-order chi connectivity index (χ1) is 7.31. The molecule has 2 heteroatoms. The van der Waals surface area contributed by atoms with Crippen molar-refractivity contribution in [2.45, 2.75) is 58.0 Å². The summed E-state index contributed by atoms with van der Waals surface area (Å²) in [4.78, 5) is 2.66. The van der Waals surface area contributed by atoms with E-state index in [-0.39, 0.29) is 0 Å². The fourth-order valence-electron chi connectivity index (χ4n) is 2.63. The van der Waals surface area contributed by atoms with Crippen LogP contribution in [-0.4, -0.2) is 36.6 Å². The molecule has 1 aliphatic carbocycles. The molecule has 0 aromatic heterocycles. The van der Waals surface area contributed by atoms with Crippen LogP contribution < -0.4 is 5.32 Å². The zero-order valence-electron chi connectivity index (χ0n) is 10.3. The predicted molar refractivity (Wildman–Crippen MR) is 65.1 cm³/mol. The monoisotopic (exact) mass is 210 g/mol. The summed E-state index contributed by atoms with van der Waals surface area (Å²) >= 11 is 0. The molecule has 0 radical (unpaired) electrons. The first-order valence-corrected chi connectivity index (χ1v) is 6.80. The van der Waals surface area contributed by atoms with Crippen molar-refractivity contribution < 1.29 is 0 Å². The molecule has 1 atom stereocenters. The smallest absolute Gasteiger partial charge is 0.0209 e. The van der Waals surface area contributed by atoms with E-state index in [0.29, 0.717) is 0 Å². The topological polar surface area (TPSA) is 15.3 Å². The molecule has 15 heavy (non-hydrogen) atoms. The van der Waals surface area contributed by atoms with E-state index in [1.165, 1.54) is 51.7 Å². The fraction of sp³-hybridized carbons (Fsp3) is 1.00. The molecule has 1 aliphatic heterocycles. The van der Waals surface area contributed by atoms with Gasteiger partial charge in [0.1, 0.15) is 0 Å². The Balaban J connectivity index is 1.66. The Kier molecular flexibility index (Phi) is 4.04. The highest BCUT2D eigenvalue weighted by molar-refractivity contribution is 4.89. The van der Waals surface area contributed by atoms with E-state index in [1.807, 2.05) is 0 Å². The van der Waals surface area contributed by atoms with Crippen molar-refractivity contribution in [3.05, 3.63) is 0 Å². The molecular weight excluding hydrogens is 184 g/mol. The molecule has 88 valence electrons. The van der Waals surface area contributed by atoms with Crippen molar-refractivity contribution in [2.75, 3.05) is 19.6 Å². The summed E-state index contributed by atoms with van der Waals surface area (Å²) in [5.74, 6) is 0.921. The van der Waals surface area contributed by atoms with E-state index in [4.69, 9.17) is 0 Å². The van der Waals surface area contributed by atoms with E-state index >= 15 is 0 Å². The third-order valence-corrected chi connectivity index (χ3v) is 3.99. The van der Waals surface area contributed by atoms with Gasteiger partial charge in [-0.3, -0.25) is 0 Å². The maximum Gasteiger partial charge on any atom is 0.0209 e. The van der Waals surface area contributed by atoms with Gasteiger partial charge in [-0.2, -0.15) is 0 Å². The molecule has 2 fully saturated rings. The minimum Gasteiger partial charge on any atom is -0.310 e. The molecule has 2 rings (SSSR count). The van der Waals surface area contributed by atoms with Crippen molar-refractivity contribution in [1.29, 1.82) is 0 Å². The molecule has 1 saturated carbocycles. The summed E-state index contributed by atoms with van der Waals surface area (Å²) in [7, 11) is 0. The summed E-state index contributed by atoms with van der Waals surface area (Å²) in [6.07, 6.45) is 6.89. The van der Waals surface area contributed by atoms with Gasteiger partial charge in [0.15, 0.2) is 0 Å². The number of rotatable bonds is 6. The number of likely N-dealkylation sites (tertiary alicyclic amines) is 1. The van der Waals surface area contributed by atoms with Gasteiger partial charge in [0.2, 0.25) is 0 Å². The van der Waals surface area contributed by atoms with Crippen LogP contribution in [0.5, 0.6) is 0 Å². The second-order valence-electron chi connectivity index (χ2n) is 5.37. The molecule has 1 unspecified atom stereocenters. The first kappa shape index (κ1) is 11.4. The minimum absolute atomic E-state index is 0.798. The lowest BCUT2D eigenvalue weighted by Gasteiger charge is -2.21. The molecule has 1 saturated heterocycles. The van der Waals surface area contributed by atoms with Crippen LogP contribution in [0.4, 0.5) is 0 Å². The van der Waals surface area contributed by atoms with Crippen LogP contribution in [0.15, 0.2) is 0 Å². The fourth-order valence-corrected chi connectivity index (χ4v) is 2.63. The zero-order valence-corrected chi connectivity index (χ0v) is 10.3. The Hall–Kier alpha value is -0.0800. The normalized spacial score (nSPS) is 27.8. The highest BCUT2D eigenvalue weighted by Crippen LogP contribution is 2.22. The number of nitrogens with one attached hydrogen (secondary N) is 1. The molecule has 0 aromatic rings. The van der Waals surface area contributed by atoms with Gasteiger partial charge in [0.05, 0.1) is 0 Å². The Morgan fingerprint density at radius 3 is 2.47 bits per heavy atom. The summed E-state index contributed by atoms with van der Waals surface area (Å²) in [5, 5.41) is 3.75. The maximum atomic E-state index is 3.75. The second-order valence-corrected chi connectivity index (χ2v) is 5.37. The van der Waals surface area contributed by atoms with Crippen molar-refractivity contribution >= 4 is 0 Å². The third-order valence-electron chi connectivity index (χ3n) is 3.99. The van der Waals surface area contributed by atoms with E-state index in [2.05, 4.69) is 24.1 Å². The molecule has 2 aliphatic rings. The lowest BCUT2D eigenvalue weighted by molar-refractivity contribution is 0.262. The summed E-state index contributed by atoms with van der Waals surface area (Å²) in [6, 6.07) is 1.68. The van der Waals surface area contributed by atoms with Gasteiger partial charge in [0.25, 0.3) is 0 Å². The van der Waals surface area contributed by atoms with Crippen LogP contribution in [-0.2, 0) is 0 Å². The van der Waals surface area contributed by atoms with Crippen molar-refractivity contribution in [3.8, 4) is 0 Å². The van der Waals surface area contributed by atoms with Crippen LogP contribution in [0.3, 0.4) is 0 Å². The lowest BCUT2D eigenvalue weighted by Crippen LogP contribution is -2.35. The molecular formula is C13H26N2. The van der Waals surface area contributed by atoms with Crippen LogP contribution >= 0.6 is 0 Å². The van der Waals surface area contributed by atoms with E-state index in [9.17, 15) is 0 Å². The molecule has 0 aromatic carbocycles. The average Bonchev–Trinajstić information content (AvgIpc) is 2.94. The Bertz CT molecular complexity index is 185. The molecule has 0 bridgehead atoms. The highest BCUT2D eigenvalue weighted by atomic mass is 15.2. The quantitative estimate of drug-likeness (QED) is 0.723. The number of hydrogen-bond acceptors (Lipinski definition) is 2. The Morgan fingerprint density at radius 1 is 1.13 bits per heavy atom. The standard InChI is InChI=1S/C13H26N2/c1-3-11(4-2)9-15-8-7-13(10-15)14-12-5-6-12/h11-14H,3-10H2,1-2H3. The number of hydrogen-bond donors (Lipinski definition) is 1. The third kappa shape index (κ3) is 3.46. The van der Waals surface area contributed by atoms with Gasteiger partial charge in [0, 0.05) is 25.2 Å². The first-order valence-electron chi connectivity index (χ1n) is 6.80. The molecule has 1 heterocycles. The summed E-state index contributed by atoms with van der Waals surface area (Å²) < 4.78 is 0. The van der Waals surface area contributed by atoms with Crippen LogP contribution in [0.1, 0.15) is 46.0 Å². The molecule has 1 N–H and O–H groups in total. The average molecular weight is 210 g/mol. The van der Waals surface area contributed by atoms with Gasteiger partial charge in [-0.1, -0.05) is 26.7 Å². The second kappa shape index (κ2) is 5.31. The van der Waals surface area contributed by atoms with Crippen molar-refractivity contribution in [2.24, 2.45) is 5.92 Å². The maximum absolute atomic E-state index is 3.75. The molecule has 0 spiro atoms. The Morgan fingerprint density at radius 2 is 1.87 bits per heavy atom. The van der Waals surface area contributed by atoms with Gasteiger partial charge < -0.3 is 10.2 Å². The van der Waals surface area contributed by atoms with Gasteiger partial charge in [-0.05, 0) is 31.7 Å². The summed E-state index contributed by atoms with van der Waals surface area (Å²) in [5.41, 5.74) is 0. The van der Waals surface area contributed by atoms with Crippen LogP contribution in [0, 0.1) is 5.92 Å². The molecule has 0 amide bonds. The van der Waals surface area contributed by atoms with Gasteiger partial charge in [-0.15, -0.1) is 0 Å². The SMILES string of the molecule is CCC(CC)CN1CCC(NC2CC2)C1. The van der Waals surface area contributed by atoms with Crippen LogP contribution in [0.2, 0.25) is 0 Å². The highest BCUT2D eigenvalue weighted by Gasteiger charge is 2.29. The van der Waals surface area contributed by atoms with Crippen molar-refractivity contribution in [1.82, 2.24) is 10.2 Å². The van der Waals surface area contributed by atoms with E-state index in [1.54, 1.807) is 0 Å². The zero-order chi connectivity index (χ0) is 10.7. The molecule has 2 nitrogen and oxygen atoms in total. The van der Waals surface area contributed by atoms with E-state index in [0.717, 1.165) is 18.0 Å². The largest absolute Gasteiger partial charge is 0.310 e. The van der Waals surface area contributed by atoms with E-state index < -0.39 is 0 Å². The minimum atomic E-state index is 0.798. The van der Waals surface area contributed by atoms with Crippen LogP contribution in [0.25, 0.3) is 0 Å². The van der Waals surface area contributed by atoms with Gasteiger partial charge >= 0.3 is 0 Å². The lowest BCUT2D eigenvalue weighted by atomic mass is 10.0. The Labute approximate surface area is 94.4 Å². The summed E-state index contributed by atoms with van der Waals surface area (Å²) in [6.45, 7) is 8.60. The number of nitrogens with zero attached hydrogens (tertiary/aromatic N) is 1. The van der Waals surface area contributed by atoms with Gasteiger partial charge in [-0.25, -0.2) is 0 Å². The predicted octanol–water partition coefficient (Wildman–Crippen LogP) is 2.25.